The number of hydrogen-bond acceptors (Lipinski definition) is 3. The van der Waals surface area contributed by atoms with E-state index in [1.807, 2.05) is 6.07 Å². The van der Waals surface area contributed by atoms with Crippen molar-refractivity contribution in [3.05, 3.63) is 35.9 Å². The fourth-order valence-electron chi connectivity index (χ4n) is 3.76. The third-order valence-corrected chi connectivity index (χ3v) is 5.76. The van der Waals surface area contributed by atoms with Gasteiger partial charge in [-0.3, -0.25) is 9.59 Å². The second kappa shape index (κ2) is 12.5. The Labute approximate surface area is 173 Å². The highest BCUT2D eigenvalue weighted by Crippen LogP contribution is 2.27. The molecule has 5 nitrogen and oxygen atoms in total. The van der Waals surface area contributed by atoms with Gasteiger partial charge in [0.05, 0.1) is 11.0 Å². The van der Waals surface area contributed by atoms with Gasteiger partial charge in [0.1, 0.15) is 0 Å². The molecule has 154 valence electrons. The van der Waals surface area contributed by atoms with E-state index in [2.05, 4.69) is 34.9 Å². The third-order valence-electron chi connectivity index (χ3n) is 5.33. The Bertz CT molecular complexity index is 630. The minimum absolute atomic E-state index is 0.0687. The summed E-state index contributed by atoms with van der Waals surface area (Å²) in [6.45, 7) is 0.784. The summed E-state index contributed by atoms with van der Waals surface area (Å²) in [4.78, 5) is 23.8. The Morgan fingerprint density at radius 1 is 1.11 bits per heavy atom. The Morgan fingerprint density at radius 3 is 2.50 bits per heavy atom. The van der Waals surface area contributed by atoms with Gasteiger partial charge >= 0.3 is 0 Å². The largest absolute Gasteiger partial charge is 0.378 e. The molecule has 1 atom stereocenters. The van der Waals surface area contributed by atoms with Gasteiger partial charge in [0, 0.05) is 19.4 Å². The molecule has 0 saturated heterocycles. The number of nitrogens with two attached hydrogens (primary N) is 1. The second-order valence-electron chi connectivity index (χ2n) is 7.71. The first kappa shape index (κ1) is 22.3. The lowest BCUT2D eigenvalue weighted by molar-refractivity contribution is -0.125. The van der Waals surface area contributed by atoms with Crippen LogP contribution in [0.5, 0.6) is 0 Å². The summed E-state index contributed by atoms with van der Waals surface area (Å²) in [5, 5.41) is 6.37. The van der Waals surface area contributed by atoms with Crippen LogP contribution in [0, 0.1) is 5.92 Å². The molecular formula is C22H33N3O2S. The first-order chi connectivity index (χ1) is 13.5. The average molecular weight is 404 g/mol. The number of nitrogens with one attached hydrogen (secondary N) is 2. The maximum atomic E-state index is 12.2. The Morgan fingerprint density at radius 2 is 1.82 bits per heavy atom. The zero-order chi connectivity index (χ0) is 20.2. The van der Waals surface area contributed by atoms with Crippen LogP contribution in [0.3, 0.4) is 0 Å². The number of carbonyl (C=O) groups excluding carboxylic acids is 2. The molecule has 0 bridgehead atoms. The summed E-state index contributed by atoms with van der Waals surface area (Å²) in [7, 11) is 0. The normalized spacial score (nSPS) is 15.6. The van der Waals surface area contributed by atoms with E-state index in [9.17, 15) is 9.59 Å². The quantitative estimate of drug-likeness (QED) is 0.391. The number of aryl methyl sites for hydroxylation is 1. The van der Waals surface area contributed by atoms with Crippen LogP contribution in [-0.2, 0) is 16.0 Å². The second-order valence-corrected chi connectivity index (χ2v) is 8.15. The van der Waals surface area contributed by atoms with Gasteiger partial charge < -0.3 is 16.4 Å². The van der Waals surface area contributed by atoms with Crippen LogP contribution >= 0.6 is 12.2 Å². The molecule has 0 unspecified atom stereocenters. The Balaban J connectivity index is 1.82. The van der Waals surface area contributed by atoms with E-state index in [0.717, 1.165) is 25.8 Å². The molecule has 2 amide bonds. The van der Waals surface area contributed by atoms with Gasteiger partial charge in [0.25, 0.3) is 0 Å². The summed E-state index contributed by atoms with van der Waals surface area (Å²) >= 11 is 5.61. The average Bonchev–Trinajstić information content (AvgIpc) is 2.70. The Hall–Kier alpha value is -1.95. The molecule has 1 aliphatic carbocycles. The summed E-state index contributed by atoms with van der Waals surface area (Å²) in [5.41, 5.74) is 6.47. The number of rotatable bonds is 11. The van der Waals surface area contributed by atoms with Crippen molar-refractivity contribution in [3.8, 4) is 0 Å². The summed E-state index contributed by atoms with van der Waals surface area (Å²) in [6, 6.07) is 10.2. The highest BCUT2D eigenvalue weighted by Gasteiger charge is 2.23. The monoisotopic (exact) mass is 403 g/mol. The molecule has 1 fully saturated rings. The number of amides is 2. The van der Waals surface area contributed by atoms with Gasteiger partial charge in [-0.05, 0) is 30.7 Å². The van der Waals surface area contributed by atoms with Crippen molar-refractivity contribution < 1.29 is 9.59 Å². The third kappa shape index (κ3) is 8.83. The zero-order valence-corrected chi connectivity index (χ0v) is 17.4. The van der Waals surface area contributed by atoms with Crippen molar-refractivity contribution in [1.82, 2.24) is 10.6 Å². The number of benzene rings is 1. The molecule has 0 spiro atoms. The van der Waals surface area contributed by atoms with Gasteiger partial charge in [-0.15, -0.1) is 0 Å². The highest BCUT2D eigenvalue weighted by molar-refractivity contribution is 7.80. The highest BCUT2D eigenvalue weighted by atomic mass is 32.1. The van der Waals surface area contributed by atoms with Crippen LogP contribution in [0.4, 0.5) is 0 Å². The van der Waals surface area contributed by atoms with Crippen LogP contribution in [0.25, 0.3) is 0 Å². The minimum Gasteiger partial charge on any atom is -0.378 e. The van der Waals surface area contributed by atoms with Crippen molar-refractivity contribution >= 4 is 29.0 Å². The van der Waals surface area contributed by atoms with E-state index < -0.39 is 5.91 Å². The molecule has 1 saturated carbocycles. The van der Waals surface area contributed by atoms with Crippen molar-refractivity contribution in [1.29, 1.82) is 0 Å². The summed E-state index contributed by atoms with van der Waals surface area (Å²) < 4.78 is 0. The smallest absolute Gasteiger partial charge is 0.221 e. The topological polar surface area (TPSA) is 84.2 Å². The van der Waals surface area contributed by atoms with Gasteiger partial charge in [-0.1, -0.05) is 74.7 Å². The summed E-state index contributed by atoms with van der Waals surface area (Å²) in [5.74, 6) is -0.0205. The lowest BCUT2D eigenvalue weighted by atomic mass is 9.84. The van der Waals surface area contributed by atoms with Gasteiger partial charge in [-0.2, -0.15) is 0 Å². The molecule has 4 N–H and O–H groups in total. The van der Waals surface area contributed by atoms with Crippen LogP contribution in [0.15, 0.2) is 30.3 Å². The van der Waals surface area contributed by atoms with E-state index >= 15 is 0 Å². The lowest BCUT2D eigenvalue weighted by Crippen LogP contribution is -2.47. The molecule has 0 aliphatic heterocycles. The standard InChI is InChI=1S/C22H33N3O2S/c23-20(26)13-14-21(27)25-19(16-18-10-5-2-6-11-18)22(28)24-15-7-12-17-8-3-1-4-9-17/h1,3-4,8-9,18-19H,2,5-7,10-16H2,(H2,23,26)(H,24,28)(H,25,27)/t19-/m0/s1. The number of primary amides is 1. The molecule has 28 heavy (non-hydrogen) atoms. The van der Waals surface area contributed by atoms with E-state index in [1.165, 1.54) is 37.7 Å². The minimum atomic E-state index is -0.458. The van der Waals surface area contributed by atoms with Gasteiger partial charge in [0.15, 0.2) is 0 Å². The molecule has 0 heterocycles. The van der Waals surface area contributed by atoms with Crippen LogP contribution in [0.2, 0.25) is 0 Å². The zero-order valence-electron chi connectivity index (χ0n) is 16.6. The molecule has 0 aromatic heterocycles. The lowest BCUT2D eigenvalue weighted by Gasteiger charge is -2.28. The number of carbonyl (C=O) groups is 2. The van der Waals surface area contributed by atoms with Crippen molar-refractivity contribution in [3.63, 3.8) is 0 Å². The van der Waals surface area contributed by atoms with Gasteiger partial charge in [0.2, 0.25) is 11.8 Å². The van der Waals surface area contributed by atoms with Crippen molar-refractivity contribution in [2.75, 3.05) is 6.54 Å². The molecule has 1 aromatic rings. The molecule has 2 rings (SSSR count). The van der Waals surface area contributed by atoms with Crippen LogP contribution < -0.4 is 16.4 Å². The summed E-state index contributed by atoms with van der Waals surface area (Å²) in [6.07, 6.45) is 9.24. The van der Waals surface area contributed by atoms with Crippen LogP contribution in [-0.4, -0.2) is 29.4 Å². The first-order valence-corrected chi connectivity index (χ1v) is 10.8. The maximum absolute atomic E-state index is 12.2. The maximum Gasteiger partial charge on any atom is 0.221 e. The fourth-order valence-corrected chi connectivity index (χ4v) is 4.02. The molecular weight excluding hydrogens is 370 g/mol. The van der Waals surface area contributed by atoms with E-state index in [1.54, 1.807) is 0 Å². The SMILES string of the molecule is NC(=O)CCC(=O)N[C@@H](CC1CCCCC1)C(=S)NCCCc1ccccc1. The fraction of sp³-hybridized carbons (Fsp3) is 0.591. The number of hydrogen-bond donors (Lipinski definition) is 3. The van der Waals surface area contributed by atoms with E-state index in [0.29, 0.717) is 10.9 Å². The molecule has 1 aromatic carbocycles. The first-order valence-electron chi connectivity index (χ1n) is 10.4. The molecule has 0 radical (unpaired) electrons. The predicted molar refractivity (Wildman–Crippen MR) is 117 cm³/mol. The molecule has 6 heteroatoms. The van der Waals surface area contributed by atoms with Crippen molar-refractivity contribution in [2.24, 2.45) is 11.7 Å². The number of thiocarbonyl (C=S) groups is 1. The van der Waals surface area contributed by atoms with E-state index in [-0.39, 0.29) is 24.8 Å². The van der Waals surface area contributed by atoms with Gasteiger partial charge in [-0.25, -0.2) is 0 Å². The van der Waals surface area contributed by atoms with E-state index in [4.69, 9.17) is 18.0 Å². The van der Waals surface area contributed by atoms with Crippen LogP contribution in [0.1, 0.15) is 63.4 Å². The Kier molecular flexibility index (Phi) is 9.97. The van der Waals surface area contributed by atoms with Crippen molar-refractivity contribution in [2.45, 2.75) is 70.3 Å². The predicted octanol–water partition coefficient (Wildman–Crippen LogP) is 3.26. The molecule has 1 aliphatic rings.